The summed E-state index contributed by atoms with van der Waals surface area (Å²) in [6, 6.07) is 6.40. The van der Waals surface area contributed by atoms with Gasteiger partial charge in [0.1, 0.15) is 0 Å². The molecule has 2 rings (SSSR count). The average Bonchev–Trinajstić information content (AvgIpc) is 2.07. The molecule has 0 atom stereocenters. The summed E-state index contributed by atoms with van der Waals surface area (Å²) in [5.74, 6) is 0. The van der Waals surface area contributed by atoms with Gasteiger partial charge in [-0.3, -0.25) is 4.98 Å². The molecule has 0 aliphatic heterocycles. The largest absolute Gasteiger partial charge is 0.256 e. The molecule has 1 aromatic carbocycles. The molecule has 0 unspecified atom stereocenters. The zero-order chi connectivity index (χ0) is 9.42. The fraction of sp³-hybridized carbons (Fsp3) is 0.182. The molecule has 0 radical (unpaired) electrons. The molecule has 0 saturated heterocycles. The van der Waals surface area contributed by atoms with Crippen LogP contribution in [0.3, 0.4) is 0 Å². The maximum absolute atomic E-state index is 4.38. The predicted octanol–water partition coefficient (Wildman–Crippen LogP) is 3.46. The first-order valence-electron chi connectivity index (χ1n) is 4.20. The van der Waals surface area contributed by atoms with Crippen LogP contribution < -0.4 is 0 Å². The van der Waals surface area contributed by atoms with Crippen LogP contribution in [0, 0.1) is 17.4 Å². The lowest BCUT2D eigenvalue weighted by molar-refractivity contribution is 1.33. The minimum Gasteiger partial charge on any atom is -0.256 e. The number of halogens is 1. The van der Waals surface area contributed by atoms with E-state index in [2.05, 4.69) is 59.6 Å². The summed E-state index contributed by atoms with van der Waals surface area (Å²) >= 11 is 2.34. The van der Waals surface area contributed by atoms with E-state index in [0.717, 1.165) is 5.52 Å². The van der Waals surface area contributed by atoms with Gasteiger partial charge in [-0.1, -0.05) is 0 Å². The third-order valence-corrected chi connectivity index (χ3v) is 2.84. The van der Waals surface area contributed by atoms with E-state index in [0.29, 0.717) is 0 Å². The molecule has 0 fully saturated rings. The molecule has 13 heavy (non-hydrogen) atoms. The molecule has 0 N–H and O–H groups in total. The van der Waals surface area contributed by atoms with Crippen LogP contribution in [0.4, 0.5) is 0 Å². The number of nitrogens with zero attached hydrogens (tertiary/aromatic N) is 1. The molecule has 2 aromatic rings. The Morgan fingerprint density at radius 2 is 1.92 bits per heavy atom. The highest BCUT2D eigenvalue weighted by Gasteiger charge is 2.01. The van der Waals surface area contributed by atoms with Gasteiger partial charge < -0.3 is 0 Å². The van der Waals surface area contributed by atoms with Crippen molar-refractivity contribution in [3.8, 4) is 0 Å². The molecule has 0 aliphatic rings. The van der Waals surface area contributed by atoms with E-state index < -0.39 is 0 Å². The number of rotatable bonds is 0. The second kappa shape index (κ2) is 3.25. The molecule has 0 amide bonds. The summed E-state index contributed by atoms with van der Waals surface area (Å²) in [6.45, 7) is 4.23. The van der Waals surface area contributed by atoms with Crippen molar-refractivity contribution < 1.29 is 0 Å². The summed E-state index contributed by atoms with van der Waals surface area (Å²) in [7, 11) is 0. The summed E-state index contributed by atoms with van der Waals surface area (Å²) in [6.07, 6.45) is 1.87. The Morgan fingerprint density at radius 3 is 2.69 bits per heavy atom. The molecule has 1 aromatic heterocycles. The van der Waals surface area contributed by atoms with E-state index in [4.69, 9.17) is 0 Å². The number of benzene rings is 1. The SMILES string of the molecule is Cc1ccnc2c(C)cc(I)cc12. The van der Waals surface area contributed by atoms with Gasteiger partial charge in [0.25, 0.3) is 0 Å². The minimum absolute atomic E-state index is 1.13. The lowest BCUT2D eigenvalue weighted by Gasteiger charge is -2.04. The van der Waals surface area contributed by atoms with Gasteiger partial charge in [-0.15, -0.1) is 0 Å². The van der Waals surface area contributed by atoms with Crippen LogP contribution in [-0.4, -0.2) is 4.98 Å². The fourth-order valence-corrected chi connectivity index (χ4v) is 2.30. The van der Waals surface area contributed by atoms with Gasteiger partial charge in [0, 0.05) is 15.2 Å². The summed E-state index contributed by atoms with van der Waals surface area (Å²) in [4.78, 5) is 4.38. The van der Waals surface area contributed by atoms with Crippen LogP contribution >= 0.6 is 22.6 Å². The summed E-state index contributed by atoms with van der Waals surface area (Å²) in [5.41, 5.74) is 3.68. The first-order valence-corrected chi connectivity index (χ1v) is 5.28. The standard InChI is InChI=1S/C11H10IN/c1-7-3-4-13-11-8(2)5-9(12)6-10(7)11/h3-6H,1-2H3. The van der Waals surface area contributed by atoms with Gasteiger partial charge in [0.2, 0.25) is 0 Å². The summed E-state index contributed by atoms with van der Waals surface area (Å²) < 4.78 is 1.28. The first kappa shape index (κ1) is 8.94. The first-order chi connectivity index (χ1) is 6.18. The number of aryl methyl sites for hydroxylation is 2. The van der Waals surface area contributed by atoms with Crippen molar-refractivity contribution in [2.75, 3.05) is 0 Å². The van der Waals surface area contributed by atoms with Crippen molar-refractivity contribution in [2.45, 2.75) is 13.8 Å². The van der Waals surface area contributed by atoms with E-state index in [-0.39, 0.29) is 0 Å². The number of pyridine rings is 1. The Bertz CT molecular complexity index is 463. The van der Waals surface area contributed by atoms with Gasteiger partial charge >= 0.3 is 0 Å². The van der Waals surface area contributed by atoms with Crippen molar-refractivity contribution in [1.82, 2.24) is 4.98 Å². The molecule has 0 bridgehead atoms. The zero-order valence-electron chi connectivity index (χ0n) is 7.63. The maximum atomic E-state index is 4.38. The molecule has 2 heteroatoms. The molecule has 1 heterocycles. The molecular weight excluding hydrogens is 273 g/mol. The third-order valence-electron chi connectivity index (χ3n) is 2.22. The quantitative estimate of drug-likeness (QED) is 0.675. The fourth-order valence-electron chi connectivity index (χ4n) is 1.52. The Labute approximate surface area is 91.3 Å². The van der Waals surface area contributed by atoms with Crippen molar-refractivity contribution in [3.05, 3.63) is 39.1 Å². The molecular formula is C11H10IN. The molecule has 0 saturated carbocycles. The Balaban J connectivity index is 2.94. The van der Waals surface area contributed by atoms with Gasteiger partial charge in [0.05, 0.1) is 5.52 Å². The number of aromatic nitrogens is 1. The number of hydrogen-bond acceptors (Lipinski definition) is 1. The van der Waals surface area contributed by atoms with Gasteiger partial charge in [-0.25, -0.2) is 0 Å². The van der Waals surface area contributed by atoms with E-state index in [9.17, 15) is 0 Å². The molecule has 1 nitrogen and oxygen atoms in total. The number of hydrogen-bond donors (Lipinski definition) is 0. The monoisotopic (exact) mass is 283 g/mol. The predicted molar refractivity (Wildman–Crippen MR) is 63.9 cm³/mol. The second-order valence-corrected chi connectivity index (χ2v) is 4.49. The van der Waals surface area contributed by atoms with Crippen LogP contribution in [0.2, 0.25) is 0 Å². The highest BCUT2D eigenvalue weighted by Crippen LogP contribution is 2.22. The van der Waals surface area contributed by atoms with E-state index in [1.165, 1.54) is 20.1 Å². The molecule has 66 valence electrons. The normalized spacial score (nSPS) is 10.7. The third kappa shape index (κ3) is 1.55. The lowest BCUT2D eigenvalue weighted by Crippen LogP contribution is -1.87. The lowest BCUT2D eigenvalue weighted by atomic mass is 10.1. The highest BCUT2D eigenvalue weighted by molar-refractivity contribution is 14.1. The molecule has 0 aliphatic carbocycles. The Morgan fingerprint density at radius 1 is 1.15 bits per heavy atom. The van der Waals surface area contributed by atoms with Crippen molar-refractivity contribution in [2.24, 2.45) is 0 Å². The molecule has 0 spiro atoms. The highest BCUT2D eigenvalue weighted by atomic mass is 127. The van der Waals surface area contributed by atoms with Crippen molar-refractivity contribution >= 4 is 33.5 Å². The van der Waals surface area contributed by atoms with Crippen LogP contribution in [0.25, 0.3) is 10.9 Å². The van der Waals surface area contributed by atoms with Crippen LogP contribution in [0.15, 0.2) is 24.4 Å². The van der Waals surface area contributed by atoms with E-state index in [1.54, 1.807) is 0 Å². The van der Waals surface area contributed by atoms with Gasteiger partial charge in [0.15, 0.2) is 0 Å². The van der Waals surface area contributed by atoms with Crippen molar-refractivity contribution in [3.63, 3.8) is 0 Å². The van der Waals surface area contributed by atoms with Crippen molar-refractivity contribution in [1.29, 1.82) is 0 Å². The maximum Gasteiger partial charge on any atom is 0.0734 e. The number of fused-ring (bicyclic) bond motifs is 1. The van der Waals surface area contributed by atoms with Gasteiger partial charge in [-0.05, 0) is 65.8 Å². The van der Waals surface area contributed by atoms with Crippen LogP contribution in [-0.2, 0) is 0 Å². The van der Waals surface area contributed by atoms with E-state index in [1.807, 2.05) is 6.20 Å². The minimum atomic E-state index is 1.13. The summed E-state index contributed by atoms with van der Waals surface area (Å²) in [5, 5.41) is 1.27. The smallest absolute Gasteiger partial charge is 0.0734 e. The zero-order valence-corrected chi connectivity index (χ0v) is 9.79. The second-order valence-electron chi connectivity index (χ2n) is 3.25. The van der Waals surface area contributed by atoms with E-state index >= 15 is 0 Å². The van der Waals surface area contributed by atoms with Crippen LogP contribution in [0.1, 0.15) is 11.1 Å². The van der Waals surface area contributed by atoms with Gasteiger partial charge in [-0.2, -0.15) is 0 Å². The topological polar surface area (TPSA) is 12.9 Å². The Hall–Kier alpha value is -0.640. The average molecular weight is 283 g/mol. The Kier molecular flexibility index (Phi) is 2.24. The van der Waals surface area contributed by atoms with Crippen LogP contribution in [0.5, 0.6) is 0 Å².